The summed E-state index contributed by atoms with van der Waals surface area (Å²) < 4.78 is 0. The van der Waals surface area contributed by atoms with Crippen LogP contribution in [0.2, 0.25) is 0 Å². The molecule has 1 atom stereocenters. The molecule has 1 heterocycles. The average Bonchev–Trinajstić information content (AvgIpc) is 2.45. The Morgan fingerprint density at radius 3 is 2.84 bits per heavy atom. The van der Waals surface area contributed by atoms with Gasteiger partial charge in [0.25, 0.3) is 0 Å². The van der Waals surface area contributed by atoms with Gasteiger partial charge in [0, 0.05) is 24.5 Å². The van der Waals surface area contributed by atoms with Crippen molar-refractivity contribution in [2.45, 2.75) is 12.8 Å². The third-order valence-electron chi connectivity index (χ3n) is 3.05. The molecule has 0 radical (unpaired) electrons. The van der Waals surface area contributed by atoms with E-state index in [0.717, 1.165) is 22.3 Å². The lowest BCUT2D eigenvalue weighted by Gasteiger charge is -2.22. The number of hydrogen-bond acceptors (Lipinski definition) is 3. The fourth-order valence-electron chi connectivity index (χ4n) is 2.12. The predicted molar refractivity (Wildman–Crippen MR) is 79.3 cm³/mol. The van der Waals surface area contributed by atoms with Gasteiger partial charge in [-0.25, -0.2) is 4.98 Å². The molecular formula is C15H16ClN3. The van der Waals surface area contributed by atoms with Crippen LogP contribution in [0.25, 0.3) is 10.9 Å². The quantitative estimate of drug-likeness (QED) is 0.800. The van der Waals surface area contributed by atoms with Crippen molar-refractivity contribution in [3.05, 3.63) is 35.9 Å². The first kappa shape index (κ1) is 13.6. The summed E-state index contributed by atoms with van der Waals surface area (Å²) in [5.41, 5.74) is 1.94. The van der Waals surface area contributed by atoms with E-state index in [1.165, 1.54) is 0 Å². The molecule has 3 nitrogen and oxygen atoms in total. The molecule has 19 heavy (non-hydrogen) atoms. The van der Waals surface area contributed by atoms with Crippen LogP contribution in [0, 0.1) is 17.2 Å². The summed E-state index contributed by atoms with van der Waals surface area (Å²) in [4.78, 5) is 6.66. The molecule has 0 aliphatic carbocycles. The van der Waals surface area contributed by atoms with Gasteiger partial charge in [-0.15, -0.1) is 11.6 Å². The van der Waals surface area contributed by atoms with Gasteiger partial charge in [0.15, 0.2) is 0 Å². The third kappa shape index (κ3) is 2.97. The highest BCUT2D eigenvalue weighted by Gasteiger charge is 2.13. The molecule has 2 aromatic rings. The number of benzene rings is 1. The van der Waals surface area contributed by atoms with Crippen LogP contribution in [-0.4, -0.2) is 18.6 Å². The number of halogens is 1. The summed E-state index contributed by atoms with van der Waals surface area (Å²) in [6, 6.07) is 12.3. The van der Waals surface area contributed by atoms with E-state index in [2.05, 4.69) is 17.1 Å². The first-order valence-electron chi connectivity index (χ1n) is 6.21. The molecule has 0 saturated heterocycles. The lowest BCUT2D eigenvalue weighted by Crippen LogP contribution is -2.25. The highest BCUT2D eigenvalue weighted by molar-refractivity contribution is 6.17. The molecule has 1 aromatic heterocycles. The average molecular weight is 274 g/mol. The molecule has 1 unspecified atom stereocenters. The first-order chi connectivity index (χ1) is 9.15. The number of nitrogens with zero attached hydrogens (tertiary/aromatic N) is 3. The number of pyridine rings is 1. The van der Waals surface area contributed by atoms with Gasteiger partial charge < -0.3 is 4.90 Å². The van der Waals surface area contributed by atoms with Crippen LogP contribution in [0.3, 0.4) is 0 Å². The van der Waals surface area contributed by atoms with Crippen LogP contribution in [0.15, 0.2) is 30.3 Å². The molecule has 0 aliphatic rings. The largest absolute Gasteiger partial charge is 0.358 e. The minimum Gasteiger partial charge on any atom is -0.358 e. The summed E-state index contributed by atoms with van der Waals surface area (Å²) in [6.45, 7) is 2.55. The van der Waals surface area contributed by atoms with Gasteiger partial charge >= 0.3 is 0 Å². The fourth-order valence-corrected chi connectivity index (χ4v) is 2.31. The van der Waals surface area contributed by atoms with Crippen molar-refractivity contribution in [1.29, 1.82) is 5.26 Å². The summed E-state index contributed by atoms with van der Waals surface area (Å²) in [7, 11) is 1.95. The van der Waals surface area contributed by atoms with Crippen LogP contribution in [-0.2, 0) is 5.88 Å². The van der Waals surface area contributed by atoms with Crippen LogP contribution in [0.5, 0.6) is 0 Å². The number of rotatable bonds is 4. The second-order valence-corrected chi connectivity index (χ2v) is 4.98. The molecule has 4 heteroatoms. The smallest absolute Gasteiger partial charge is 0.133 e. The van der Waals surface area contributed by atoms with E-state index in [9.17, 15) is 0 Å². The maximum absolute atomic E-state index is 8.91. The van der Waals surface area contributed by atoms with Crippen LogP contribution < -0.4 is 4.90 Å². The van der Waals surface area contributed by atoms with Crippen molar-refractivity contribution in [3.8, 4) is 6.07 Å². The third-order valence-corrected chi connectivity index (χ3v) is 3.34. The number of anilines is 1. The molecule has 0 spiro atoms. The number of nitriles is 1. The van der Waals surface area contributed by atoms with Gasteiger partial charge in [-0.1, -0.05) is 18.2 Å². The number of aromatic nitrogens is 1. The summed E-state index contributed by atoms with van der Waals surface area (Å²) >= 11 is 6.02. The molecule has 0 fully saturated rings. The number of fused-ring (bicyclic) bond motifs is 1. The Bertz CT molecular complexity index is 618. The van der Waals surface area contributed by atoms with Crippen molar-refractivity contribution >= 4 is 28.3 Å². The maximum atomic E-state index is 8.91. The van der Waals surface area contributed by atoms with Crippen LogP contribution in [0.1, 0.15) is 12.5 Å². The van der Waals surface area contributed by atoms with E-state index >= 15 is 0 Å². The summed E-state index contributed by atoms with van der Waals surface area (Å²) in [5, 5.41) is 9.99. The molecule has 1 aromatic carbocycles. The van der Waals surface area contributed by atoms with Crippen LogP contribution in [0.4, 0.5) is 5.82 Å². The van der Waals surface area contributed by atoms with Gasteiger partial charge in [-0.3, -0.25) is 0 Å². The molecule has 0 aliphatic heterocycles. The van der Waals surface area contributed by atoms with E-state index in [4.69, 9.17) is 16.9 Å². The highest BCUT2D eigenvalue weighted by Crippen LogP contribution is 2.24. The highest BCUT2D eigenvalue weighted by atomic mass is 35.5. The van der Waals surface area contributed by atoms with Crippen LogP contribution >= 0.6 is 11.6 Å². The predicted octanol–water partition coefficient (Wildman–Crippen LogP) is 3.57. The van der Waals surface area contributed by atoms with Gasteiger partial charge in [0.1, 0.15) is 5.82 Å². The van der Waals surface area contributed by atoms with Gasteiger partial charge in [-0.2, -0.15) is 5.26 Å². The zero-order chi connectivity index (χ0) is 13.8. The molecule has 98 valence electrons. The minimum absolute atomic E-state index is 0.0403. The summed E-state index contributed by atoms with van der Waals surface area (Å²) in [5.74, 6) is 1.23. The SMILES string of the molecule is CC(C#N)CN(C)c1nc2ccccc2cc1CCl. The van der Waals surface area contributed by atoms with Crippen molar-refractivity contribution in [1.82, 2.24) is 4.98 Å². The Morgan fingerprint density at radius 1 is 1.42 bits per heavy atom. The Labute approximate surface area is 118 Å². The van der Waals surface area contributed by atoms with Gasteiger partial charge in [0.05, 0.1) is 23.4 Å². The maximum Gasteiger partial charge on any atom is 0.133 e. The zero-order valence-electron chi connectivity index (χ0n) is 11.1. The number of para-hydroxylation sites is 1. The van der Waals surface area contributed by atoms with Crippen molar-refractivity contribution in [2.24, 2.45) is 5.92 Å². The Morgan fingerprint density at radius 2 is 2.16 bits per heavy atom. The first-order valence-corrected chi connectivity index (χ1v) is 6.74. The Kier molecular flexibility index (Phi) is 4.24. The lowest BCUT2D eigenvalue weighted by molar-refractivity contribution is 0.709. The molecule has 0 amide bonds. The summed E-state index contributed by atoms with van der Waals surface area (Å²) in [6.07, 6.45) is 0. The van der Waals surface area contributed by atoms with Crippen molar-refractivity contribution in [3.63, 3.8) is 0 Å². The number of alkyl halides is 1. The Hall–Kier alpha value is -1.79. The van der Waals surface area contributed by atoms with Crippen molar-refractivity contribution in [2.75, 3.05) is 18.5 Å². The fraction of sp³-hybridized carbons (Fsp3) is 0.333. The van der Waals surface area contributed by atoms with E-state index in [1.807, 2.05) is 43.1 Å². The van der Waals surface area contributed by atoms with Crippen molar-refractivity contribution < 1.29 is 0 Å². The monoisotopic (exact) mass is 273 g/mol. The standard InChI is InChI=1S/C15H16ClN3/c1-11(9-17)10-19(2)15-13(8-16)7-12-5-3-4-6-14(12)18-15/h3-7,11H,8,10H2,1-2H3. The molecule has 0 saturated carbocycles. The van der Waals surface area contributed by atoms with E-state index in [1.54, 1.807) is 0 Å². The topological polar surface area (TPSA) is 39.9 Å². The molecular weight excluding hydrogens is 258 g/mol. The lowest BCUT2D eigenvalue weighted by atomic mass is 10.1. The molecule has 0 N–H and O–H groups in total. The van der Waals surface area contributed by atoms with E-state index < -0.39 is 0 Å². The normalized spacial score (nSPS) is 12.1. The second-order valence-electron chi connectivity index (χ2n) is 4.71. The molecule has 0 bridgehead atoms. The van der Waals surface area contributed by atoms with E-state index in [-0.39, 0.29) is 5.92 Å². The minimum atomic E-state index is -0.0403. The second kappa shape index (κ2) is 5.90. The van der Waals surface area contributed by atoms with Gasteiger partial charge in [0.2, 0.25) is 0 Å². The Balaban J connectivity index is 2.43. The van der Waals surface area contributed by atoms with E-state index in [0.29, 0.717) is 12.4 Å². The van der Waals surface area contributed by atoms with Gasteiger partial charge in [-0.05, 0) is 19.1 Å². The zero-order valence-corrected chi connectivity index (χ0v) is 11.9. The number of hydrogen-bond donors (Lipinski definition) is 0. The molecule has 2 rings (SSSR count).